The average molecular weight is 458 g/mol. The number of carbonyl (C=O) groups excluding carboxylic acids is 3. The van der Waals surface area contributed by atoms with Gasteiger partial charge in [0.05, 0.1) is 22.7 Å². The molecule has 176 valence electrons. The fraction of sp³-hybridized carbons (Fsp3) is 0.464. The van der Waals surface area contributed by atoms with Crippen molar-refractivity contribution in [1.82, 2.24) is 9.80 Å². The summed E-state index contributed by atoms with van der Waals surface area (Å²) in [6.45, 7) is 3.03. The normalized spacial score (nSPS) is 23.4. The molecule has 3 fully saturated rings. The minimum absolute atomic E-state index is 0.0646. The van der Waals surface area contributed by atoms with Crippen LogP contribution in [0.4, 0.5) is 5.69 Å². The number of anilines is 1. The van der Waals surface area contributed by atoms with Gasteiger partial charge in [-0.2, -0.15) is 0 Å². The van der Waals surface area contributed by atoms with Crippen LogP contribution in [-0.2, 0) is 4.79 Å². The molecule has 34 heavy (non-hydrogen) atoms. The van der Waals surface area contributed by atoms with Crippen LogP contribution in [0.2, 0.25) is 0 Å². The molecule has 4 aliphatic rings. The minimum Gasteiger partial charge on any atom is -0.370 e. The topological polar surface area (TPSA) is 60.9 Å². The van der Waals surface area contributed by atoms with Gasteiger partial charge in [-0.15, -0.1) is 0 Å². The van der Waals surface area contributed by atoms with Gasteiger partial charge < -0.3 is 9.80 Å². The van der Waals surface area contributed by atoms with E-state index < -0.39 is 0 Å². The van der Waals surface area contributed by atoms with Crippen molar-refractivity contribution in [2.75, 3.05) is 31.1 Å². The lowest BCUT2D eigenvalue weighted by Gasteiger charge is -2.39. The molecule has 1 saturated carbocycles. The van der Waals surface area contributed by atoms with E-state index in [9.17, 15) is 14.4 Å². The highest BCUT2D eigenvalue weighted by molar-refractivity contribution is 6.24. The molecule has 0 aromatic heterocycles. The minimum atomic E-state index is -0.158. The van der Waals surface area contributed by atoms with Gasteiger partial charge in [0.25, 0.3) is 11.8 Å². The molecule has 1 unspecified atom stereocenters. The Morgan fingerprint density at radius 2 is 1.56 bits per heavy atom. The Hall–Kier alpha value is -3.15. The van der Waals surface area contributed by atoms with Crippen molar-refractivity contribution in [3.63, 3.8) is 0 Å². The molecular weight excluding hydrogens is 426 g/mol. The highest BCUT2D eigenvalue weighted by atomic mass is 16.2. The number of piperidine rings is 2. The summed E-state index contributed by atoms with van der Waals surface area (Å²) in [6, 6.07) is 16.3. The molecule has 0 radical (unpaired) electrons. The Bertz CT molecular complexity index is 1120. The van der Waals surface area contributed by atoms with E-state index in [-0.39, 0.29) is 29.7 Å². The predicted molar refractivity (Wildman–Crippen MR) is 130 cm³/mol. The van der Waals surface area contributed by atoms with E-state index in [2.05, 4.69) is 29.2 Å². The quantitative estimate of drug-likeness (QED) is 0.650. The highest BCUT2D eigenvalue weighted by Gasteiger charge is 2.46. The smallest absolute Gasteiger partial charge is 0.263 e. The van der Waals surface area contributed by atoms with Crippen molar-refractivity contribution < 1.29 is 14.4 Å². The molecule has 2 aromatic carbocycles. The SMILES string of the molecule is O=C(C1CCCN(c2cccc3c2C(=O)N(C2CC2)C3=O)C1)N1CCC(c2ccccc2)CC1. The van der Waals surface area contributed by atoms with Crippen molar-refractivity contribution in [3.8, 4) is 0 Å². The third-order valence-corrected chi connectivity index (χ3v) is 8.03. The van der Waals surface area contributed by atoms with Crippen LogP contribution in [0.15, 0.2) is 48.5 Å². The van der Waals surface area contributed by atoms with E-state index in [4.69, 9.17) is 0 Å². The van der Waals surface area contributed by atoms with Crippen LogP contribution in [0.3, 0.4) is 0 Å². The van der Waals surface area contributed by atoms with Crippen LogP contribution in [0.1, 0.15) is 70.7 Å². The number of amides is 3. The molecule has 0 N–H and O–H groups in total. The summed E-state index contributed by atoms with van der Waals surface area (Å²) in [7, 11) is 0. The first-order valence-electron chi connectivity index (χ1n) is 12.7. The summed E-state index contributed by atoms with van der Waals surface area (Å²) >= 11 is 0. The van der Waals surface area contributed by atoms with Crippen LogP contribution >= 0.6 is 0 Å². The highest BCUT2D eigenvalue weighted by Crippen LogP contribution is 2.39. The molecule has 6 nitrogen and oxygen atoms in total. The van der Waals surface area contributed by atoms with Crippen molar-refractivity contribution >= 4 is 23.4 Å². The molecule has 6 rings (SSSR count). The molecule has 3 amide bonds. The standard InChI is InChI=1S/C28H31N3O3/c32-26(29-16-13-20(14-17-29)19-6-2-1-3-7-19)21-8-5-15-30(18-21)24-10-4-9-23-25(24)28(34)31(27(23)33)22-11-12-22/h1-4,6-7,9-10,20-22H,5,8,11-18H2. The van der Waals surface area contributed by atoms with Gasteiger partial charge in [0, 0.05) is 32.2 Å². The first-order valence-corrected chi connectivity index (χ1v) is 12.7. The predicted octanol–water partition coefficient (Wildman–Crippen LogP) is 4.07. The summed E-state index contributed by atoms with van der Waals surface area (Å²) in [6.07, 6.45) is 5.61. The van der Waals surface area contributed by atoms with Crippen LogP contribution in [-0.4, -0.2) is 59.7 Å². The summed E-state index contributed by atoms with van der Waals surface area (Å²) in [5.41, 5.74) is 3.25. The second-order valence-corrected chi connectivity index (χ2v) is 10.2. The summed E-state index contributed by atoms with van der Waals surface area (Å²) < 4.78 is 0. The molecule has 3 heterocycles. The maximum atomic E-state index is 13.4. The lowest BCUT2D eigenvalue weighted by atomic mass is 9.88. The lowest BCUT2D eigenvalue weighted by molar-refractivity contribution is -0.136. The first kappa shape index (κ1) is 21.4. The molecule has 0 bridgehead atoms. The third-order valence-electron chi connectivity index (χ3n) is 8.03. The monoisotopic (exact) mass is 457 g/mol. The van der Waals surface area contributed by atoms with Crippen molar-refractivity contribution in [1.29, 1.82) is 0 Å². The number of hydrogen-bond donors (Lipinski definition) is 0. The Morgan fingerprint density at radius 1 is 0.794 bits per heavy atom. The maximum absolute atomic E-state index is 13.4. The number of benzene rings is 2. The Morgan fingerprint density at radius 3 is 2.29 bits per heavy atom. The molecule has 2 saturated heterocycles. The number of carbonyl (C=O) groups is 3. The molecular formula is C28H31N3O3. The molecule has 2 aromatic rings. The van der Waals surface area contributed by atoms with Crippen molar-refractivity contribution in [3.05, 3.63) is 65.2 Å². The number of likely N-dealkylation sites (tertiary alicyclic amines) is 1. The number of rotatable bonds is 4. The van der Waals surface area contributed by atoms with E-state index >= 15 is 0 Å². The Labute approximate surface area is 200 Å². The van der Waals surface area contributed by atoms with Crippen molar-refractivity contribution in [2.45, 2.75) is 50.5 Å². The first-order chi connectivity index (χ1) is 16.6. The third kappa shape index (κ3) is 3.69. The van der Waals surface area contributed by atoms with E-state index in [1.165, 1.54) is 10.5 Å². The zero-order valence-electron chi connectivity index (χ0n) is 19.5. The zero-order chi connectivity index (χ0) is 23.2. The average Bonchev–Trinajstić information content (AvgIpc) is 3.70. The van der Waals surface area contributed by atoms with E-state index in [1.54, 1.807) is 6.07 Å². The Balaban J connectivity index is 1.15. The number of fused-ring (bicyclic) bond motifs is 1. The molecule has 1 aliphatic carbocycles. The van der Waals surface area contributed by atoms with E-state index in [0.29, 0.717) is 23.6 Å². The molecule has 0 spiro atoms. The van der Waals surface area contributed by atoms with Gasteiger partial charge in [0.2, 0.25) is 5.91 Å². The fourth-order valence-electron chi connectivity index (χ4n) is 6.03. The van der Waals surface area contributed by atoms with E-state index in [1.807, 2.05) is 23.1 Å². The molecule has 6 heteroatoms. The van der Waals surface area contributed by atoms with Gasteiger partial charge in [-0.05, 0) is 62.1 Å². The van der Waals surface area contributed by atoms with Crippen LogP contribution in [0.25, 0.3) is 0 Å². The second-order valence-electron chi connectivity index (χ2n) is 10.2. The number of imide groups is 1. The van der Waals surface area contributed by atoms with Gasteiger partial charge in [-0.1, -0.05) is 36.4 Å². The van der Waals surface area contributed by atoms with Gasteiger partial charge in [-0.3, -0.25) is 19.3 Å². The van der Waals surface area contributed by atoms with Crippen LogP contribution in [0.5, 0.6) is 0 Å². The van der Waals surface area contributed by atoms with Crippen LogP contribution in [0, 0.1) is 5.92 Å². The largest absolute Gasteiger partial charge is 0.370 e. The zero-order valence-corrected chi connectivity index (χ0v) is 19.5. The summed E-state index contributed by atoms with van der Waals surface area (Å²) in [4.78, 5) is 45.1. The van der Waals surface area contributed by atoms with Crippen molar-refractivity contribution in [2.24, 2.45) is 5.92 Å². The Kier molecular flexibility index (Phi) is 5.39. The van der Waals surface area contributed by atoms with Gasteiger partial charge >= 0.3 is 0 Å². The number of nitrogens with zero attached hydrogens (tertiary/aromatic N) is 3. The summed E-state index contributed by atoms with van der Waals surface area (Å²) in [5, 5.41) is 0. The number of hydrogen-bond acceptors (Lipinski definition) is 4. The van der Waals surface area contributed by atoms with Gasteiger partial charge in [-0.25, -0.2) is 0 Å². The van der Waals surface area contributed by atoms with E-state index in [0.717, 1.165) is 63.8 Å². The summed E-state index contributed by atoms with van der Waals surface area (Å²) in [5.74, 6) is 0.387. The van der Waals surface area contributed by atoms with Gasteiger partial charge in [0.1, 0.15) is 0 Å². The second kappa shape index (κ2) is 8.57. The maximum Gasteiger partial charge on any atom is 0.263 e. The van der Waals surface area contributed by atoms with Crippen LogP contribution < -0.4 is 4.90 Å². The fourth-order valence-corrected chi connectivity index (χ4v) is 6.03. The molecule has 3 aliphatic heterocycles. The molecule has 1 atom stereocenters. The van der Waals surface area contributed by atoms with Gasteiger partial charge in [0.15, 0.2) is 0 Å². The lowest BCUT2D eigenvalue weighted by Crippen LogP contribution is -2.47.